The van der Waals surface area contributed by atoms with Gasteiger partial charge >= 0.3 is 0 Å². The molecule has 1 aliphatic carbocycles. The van der Waals surface area contributed by atoms with Crippen molar-refractivity contribution in [3.63, 3.8) is 0 Å². The van der Waals surface area contributed by atoms with E-state index in [0.717, 1.165) is 19.0 Å². The average molecular weight is 387 g/mol. The summed E-state index contributed by atoms with van der Waals surface area (Å²) in [5.41, 5.74) is 3.00. The van der Waals surface area contributed by atoms with E-state index in [1.807, 2.05) is 7.05 Å². The first-order valence-electron chi connectivity index (χ1n) is 7.37. The second-order valence-corrected chi connectivity index (χ2v) is 5.19. The van der Waals surface area contributed by atoms with Gasteiger partial charge in [-0.15, -0.1) is 24.0 Å². The number of benzene rings is 1. The predicted octanol–water partition coefficient (Wildman–Crippen LogP) is 3.30. The summed E-state index contributed by atoms with van der Waals surface area (Å²) in [5.74, 6) is 1.57. The van der Waals surface area contributed by atoms with Gasteiger partial charge in [-0.1, -0.05) is 44.0 Å². The van der Waals surface area contributed by atoms with Crippen molar-refractivity contribution in [2.75, 3.05) is 20.1 Å². The Bertz CT molecular complexity index is 431. The van der Waals surface area contributed by atoms with Crippen molar-refractivity contribution < 1.29 is 0 Å². The van der Waals surface area contributed by atoms with Crippen LogP contribution in [0.5, 0.6) is 0 Å². The van der Waals surface area contributed by atoms with Crippen molar-refractivity contribution in [1.29, 1.82) is 0 Å². The van der Waals surface area contributed by atoms with E-state index in [9.17, 15) is 0 Å². The van der Waals surface area contributed by atoms with Crippen LogP contribution < -0.4 is 10.6 Å². The molecular formula is C16H26IN3. The first-order chi connectivity index (χ1) is 9.35. The van der Waals surface area contributed by atoms with E-state index < -0.39 is 0 Å². The fourth-order valence-corrected chi connectivity index (χ4v) is 2.57. The predicted molar refractivity (Wildman–Crippen MR) is 97.2 cm³/mol. The highest BCUT2D eigenvalue weighted by molar-refractivity contribution is 14.0. The van der Waals surface area contributed by atoms with Crippen LogP contribution in [0.25, 0.3) is 0 Å². The maximum Gasteiger partial charge on any atom is 0.190 e. The van der Waals surface area contributed by atoms with Gasteiger partial charge in [0.05, 0.1) is 0 Å². The number of guanidine groups is 1. The van der Waals surface area contributed by atoms with Gasteiger partial charge in [-0.2, -0.15) is 0 Å². The van der Waals surface area contributed by atoms with Gasteiger partial charge in [-0.25, -0.2) is 0 Å². The smallest absolute Gasteiger partial charge is 0.190 e. The highest BCUT2D eigenvalue weighted by Gasteiger charge is 2.24. The van der Waals surface area contributed by atoms with Crippen LogP contribution in [0.15, 0.2) is 29.3 Å². The molecule has 0 saturated heterocycles. The fourth-order valence-electron chi connectivity index (χ4n) is 2.57. The van der Waals surface area contributed by atoms with E-state index in [4.69, 9.17) is 0 Å². The summed E-state index contributed by atoms with van der Waals surface area (Å²) in [6.45, 7) is 4.21. The molecule has 0 saturated carbocycles. The lowest BCUT2D eigenvalue weighted by molar-refractivity contribution is 0.581. The Morgan fingerprint density at radius 3 is 2.75 bits per heavy atom. The van der Waals surface area contributed by atoms with E-state index in [2.05, 4.69) is 46.8 Å². The normalized spacial score (nSPS) is 16.7. The van der Waals surface area contributed by atoms with Crippen molar-refractivity contribution in [3.8, 4) is 0 Å². The Balaban J connectivity index is 0.00000200. The number of hydrogen-bond donors (Lipinski definition) is 2. The molecule has 0 heterocycles. The lowest BCUT2D eigenvalue weighted by Crippen LogP contribution is -2.41. The molecular weight excluding hydrogens is 361 g/mol. The molecule has 3 nitrogen and oxygen atoms in total. The molecule has 2 rings (SSSR count). The van der Waals surface area contributed by atoms with E-state index in [0.29, 0.717) is 5.92 Å². The third-order valence-corrected chi connectivity index (χ3v) is 3.77. The molecule has 0 amide bonds. The van der Waals surface area contributed by atoms with Crippen LogP contribution in [0.1, 0.15) is 43.2 Å². The Labute approximate surface area is 139 Å². The zero-order valence-electron chi connectivity index (χ0n) is 12.5. The van der Waals surface area contributed by atoms with E-state index in [1.165, 1.54) is 36.8 Å². The second-order valence-electron chi connectivity index (χ2n) is 5.19. The molecule has 1 aromatic carbocycles. The minimum atomic E-state index is 0. The minimum absolute atomic E-state index is 0. The number of hydrogen-bond acceptors (Lipinski definition) is 1. The molecule has 0 aromatic heterocycles. The molecule has 0 radical (unpaired) electrons. The SMILES string of the molecule is CCCCCNC(=NC)NCC1Cc2ccccc21.I. The zero-order valence-corrected chi connectivity index (χ0v) is 14.8. The zero-order chi connectivity index (χ0) is 13.5. The molecule has 1 atom stereocenters. The van der Waals surface area contributed by atoms with Crippen molar-refractivity contribution in [3.05, 3.63) is 35.4 Å². The summed E-state index contributed by atoms with van der Waals surface area (Å²) >= 11 is 0. The van der Waals surface area contributed by atoms with Crippen molar-refractivity contribution in [2.45, 2.75) is 38.5 Å². The van der Waals surface area contributed by atoms with Crippen LogP contribution in [0, 0.1) is 0 Å². The average Bonchev–Trinajstić information content (AvgIpc) is 2.42. The Hall–Kier alpha value is -0.780. The van der Waals surface area contributed by atoms with Crippen LogP contribution in [0.4, 0.5) is 0 Å². The molecule has 0 fully saturated rings. The van der Waals surface area contributed by atoms with Crippen LogP contribution in [0.2, 0.25) is 0 Å². The molecule has 20 heavy (non-hydrogen) atoms. The van der Waals surface area contributed by atoms with Crippen molar-refractivity contribution >= 4 is 29.9 Å². The van der Waals surface area contributed by atoms with E-state index in [-0.39, 0.29) is 24.0 Å². The van der Waals surface area contributed by atoms with E-state index in [1.54, 1.807) is 0 Å². The largest absolute Gasteiger partial charge is 0.356 e. The minimum Gasteiger partial charge on any atom is -0.356 e. The first kappa shape index (κ1) is 17.3. The lowest BCUT2D eigenvalue weighted by Gasteiger charge is -2.30. The first-order valence-corrected chi connectivity index (χ1v) is 7.37. The molecule has 4 heteroatoms. The monoisotopic (exact) mass is 387 g/mol. The number of rotatable bonds is 6. The van der Waals surface area contributed by atoms with Gasteiger partial charge in [0.25, 0.3) is 0 Å². The van der Waals surface area contributed by atoms with Gasteiger partial charge in [-0.05, 0) is 24.0 Å². The molecule has 0 spiro atoms. The third-order valence-electron chi connectivity index (χ3n) is 3.77. The number of halogens is 1. The highest BCUT2D eigenvalue weighted by Crippen LogP contribution is 2.33. The van der Waals surface area contributed by atoms with Gasteiger partial charge in [0.2, 0.25) is 0 Å². The summed E-state index contributed by atoms with van der Waals surface area (Å²) in [4.78, 5) is 4.27. The fraction of sp³-hybridized carbons (Fsp3) is 0.562. The molecule has 1 aliphatic rings. The topological polar surface area (TPSA) is 36.4 Å². The number of aliphatic imine (C=N–C) groups is 1. The van der Waals surface area contributed by atoms with Crippen molar-refractivity contribution in [2.24, 2.45) is 4.99 Å². The summed E-state index contributed by atoms with van der Waals surface area (Å²) in [5, 5.41) is 6.80. The maximum atomic E-state index is 4.27. The Morgan fingerprint density at radius 2 is 2.05 bits per heavy atom. The Kier molecular flexibility index (Phi) is 7.95. The van der Waals surface area contributed by atoms with Gasteiger partial charge in [0.15, 0.2) is 5.96 Å². The number of nitrogens with one attached hydrogen (secondary N) is 2. The Morgan fingerprint density at radius 1 is 1.25 bits per heavy atom. The summed E-state index contributed by atoms with van der Waals surface area (Å²) < 4.78 is 0. The highest BCUT2D eigenvalue weighted by atomic mass is 127. The summed E-state index contributed by atoms with van der Waals surface area (Å²) in [6.07, 6.45) is 4.94. The number of fused-ring (bicyclic) bond motifs is 1. The van der Waals surface area contributed by atoms with Crippen LogP contribution in [0.3, 0.4) is 0 Å². The molecule has 0 aliphatic heterocycles. The number of unbranched alkanes of at least 4 members (excludes halogenated alkanes) is 2. The van der Waals surface area contributed by atoms with E-state index >= 15 is 0 Å². The summed E-state index contributed by atoms with van der Waals surface area (Å²) in [6, 6.07) is 8.71. The molecule has 112 valence electrons. The van der Waals surface area contributed by atoms with Crippen molar-refractivity contribution in [1.82, 2.24) is 10.6 Å². The third kappa shape index (κ3) is 4.65. The summed E-state index contributed by atoms with van der Waals surface area (Å²) in [7, 11) is 1.84. The quantitative estimate of drug-likeness (QED) is 0.340. The van der Waals surface area contributed by atoms with Gasteiger partial charge < -0.3 is 10.6 Å². The molecule has 1 unspecified atom stereocenters. The second kappa shape index (κ2) is 9.21. The van der Waals surface area contributed by atoms with Gasteiger partial charge in [0, 0.05) is 26.1 Å². The lowest BCUT2D eigenvalue weighted by atomic mass is 9.78. The van der Waals surface area contributed by atoms with Gasteiger partial charge in [0.1, 0.15) is 0 Å². The van der Waals surface area contributed by atoms with Gasteiger partial charge in [-0.3, -0.25) is 4.99 Å². The number of nitrogens with zero attached hydrogens (tertiary/aromatic N) is 1. The maximum absolute atomic E-state index is 4.27. The molecule has 0 bridgehead atoms. The molecule has 2 N–H and O–H groups in total. The molecule has 1 aromatic rings. The van der Waals surface area contributed by atoms with Crippen LogP contribution in [-0.4, -0.2) is 26.1 Å². The standard InChI is InChI=1S/C16H25N3.HI/c1-3-4-7-10-18-16(17-2)19-12-14-11-13-8-5-6-9-15(13)14;/h5-6,8-9,14H,3-4,7,10-12H2,1-2H3,(H2,17,18,19);1H. The van der Waals surface area contributed by atoms with Crippen LogP contribution >= 0.6 is 24.0 Å². The van der Waals surface area contributed by atoms with Crippen LogP contribution in [-0.2, 0) is 6.42 Å².